The second-order valence-electron chi connectivity index (χ2n) is 8.52. The Hall–Kier alpha value is -2.95. The van der Waals surface area contributed by atoms with Gasteiger partial charge in [0.15, 0.2) is 0 Å². The van der Waals surface area contributed by atoms with Gasteiger partial charge < -0.3 is 10.6 Å². The van der Waals surface area contributed by atoms with Crippen LogP contribution in [0.4, 0.5) is 10.5 Å². The van der Waals surface area contributed by atoms with Gasteiger partial charge in [-0.1, -0.05) is 43.3 Å². The van der Waals surface area contributed by atoms with Crippen LogP contribution in [-0.2, 0) is 36.9 Å². The van der Waals surface area contributed by atoms with Crippen LogP contribution in [-0.4, -0.2) is 24.7 Å². The topological polar surface area (TPSA) is 70.6 Å². The summed E-state index contributed by atoms with van der Waals surface area (Å²) in [6.07, 6.45) is 9.52. The summed E-state index contributed by atoms with van der Waals surface area (Å²) in [5.41, 5.74) is 7.52. The molecule has 2 aromatic rings. The number of benzene rings is 2. The van der Waals surface area contributed by atoms with Gasteiger partial charge in [0.25, 0.3) is 0 Å². The lowest BCUT2D eigenvalue weighted by molar-refractivity contribution is -0.124. The maximum absolute atomic E-state index is 12.5. The molecule has 5 heteroatoms. The van der Waals surface area contributed by atoms with Gasteiger partial charge in [0.05, 0.1) is 6.54 Å². The first-order chi connectivity index (χ1) is 15.2. The standard InChI is InChI=1S/C26H31N3O2/c1-2-19(16-18-8-4-3-5-9-18)25(30)27-14-15-28-26(31)29-24-22-12-6-10-20(22)17-21-11-7-13-23(21)24/h3-5,8-9,15,17,19H,2,6-7,10-14,16H2,1H3,(H,27,30)(H,29,31). The molecule has 2 N–H and O–H groups in total. The summed E-state index contributed by atoms with van der Waals surface area (Å²) in [4.78, 5) is 29.0. The van der Waals surface area contributed by atoms with Crippen LogP contribution in [0.3, 0.4) is 0 Å². The molecule has 3 amide bonds. The molecular weight excluding hydrogens is 386 g/mol. The molecule has 0 heterocycles. The van der Waals surface area contributed by atoms with Crippen LogP contribution in [0.2, 0.25) is 0 Å². The van der Waals surface area contributed by atoms with Gasteiger partial charge in [0, 0.05) is 17.8 Å². The van der Waals surface area contributed by atoms with Gasteiger partial charge in [-0.05, 0) is 79.2 Å². The van der Waals surface area contributed by atoms with Gasteiger partial charge in [-0.2, -0.15) is 0 Å². The van der Waals surface area contributed by atoms with Crippen molar-refractivity contribution in [1.29, 1.82) is 0 Å². The smallest absolute Gasteiger partial charge is 0.345 e. The van der Waals surface area contributed by atoms with Crippen molar-refractivity contribution in [1.82, 2.24) is 5.32 Å². The number of aryl methyl sites for hydroxylation is 2. The number of carbonyl (C=O) groups excluding carboxylic acids is 2. The van der Waals surface area contributed by atoms with E-state index in [9.17, 15) is 9.59 Å². The lowest BCUT2D eigenvalue weighted by atomic mass is 9.96. The molecule has 2 aromatic carbocycles. The zero-order valence-corrected chi connectivity index (χ0v) is 18.2. The van der Waals surface area contributed by atoms with Crippen molar-refractivity contribution in [2.24, 2.45) is 10.9 Å². The molecule has 0 bridgehead atoms. The third kappa shape index (κ3) is 5.04. The molecule has 0 saturated carbocycles. The minimum absolute atomic E-state index is 0.00286. The number of carbonyl (C=O) groups is 2. The van der Waals surface area contributed by atoms with Gasteiger partial charge in [-0.15, -0.1) is 0 Å². The third-order valence-corrected chi connectivity index (χ3v) is 6.47. The number of hydrogen-bond donors (Lipinski definition) is 2. The zero-order valence-electron chi connectivity index (χ0n) is 18.2. The number of aliphatic imine (C=N–C) groups is 1. The Labute approximate surface area is 184 Å². The summed E-state index contributed by atoms with van der Waals surface area (Å²) in [5.74, 6) is -0.0870. The number of hydrogen-bond acceptors (Lipinski definition) is 2. The average Bonchev–Trinajstić information content (AvgIpc) is 3.45. The van der Waals surface area contributed by atoms with E-state index in [0.717, 1.165) is 56.2 Å². The summed E-state index contributed by atoms with van der Waals surface area (Å²) in [7, 11) is 0. The van der Waals surface area contributed by atoms with Crippen molar-refractivity contribution in [2.45, 2.75) is 58.3 Å². The second-order valence-corrected chi connectivity index (χ2v) is 8.52. The Bertz CT molecular complexity index is 950. The molecule has 2 aliphatic rings. The fourth-order valence-electron chi connectivity index (χ4n) is 4.85. The van der Waals surface area contributed by atoms with Gasteiger partial charge >= 0.3 is 6.03 Å². The lowest BCUT2D eigenvalue weighted by Gasteiger charge is -2.15. The fraction of sp³-hybridized carbons (Fsp3) is 0.423. The molecule has 31 heavy (non-hydrogen) atoms. The van der Waals surface area contributed by atoms with Crippen molar-refractivity contribution in [3.05, 3.63) is 64.2 Å². The SMILES string of the molecule is CCC(Cc1ccccc1)C(=O)NCC=NC(=O)Nc1c2c(cc3c1CCC3)CCC2. The van der Waals surface area contributed by atoms with Crippen molar-refractivity contribution in [3.63, 3.8) is 0 Å². The average molecular weight is 418 g/mol. The highest BCUT2D eigenvalue weighted by Gasteiger charge is 2.24. The molecule has 5 nitrogen and oxygen atoms in total. The molecule has 162 valence electrons. The highest BCUT2D eigenvalue weighted by Crippen LogP contribution is 2.38. The molecule has 2 aliphatic carbocycles. The largest absolute Gasteiger partial charge is 0.351 e. The number of nitrogens with one attached hydrogen (secondary N) is 2. The number of urea groups is 1. The first-order valence-electron chi connectivity index (χ1n) is 11.5. The van der Waals surface area contributed by atoms with Gasteiger partial charge in [0.1, 0.15) is 0 Å². The van der Waals surface area contributed by atoms with Gasteiger partial charge in [-0.3, -0.25) is 4.79 Å². The van der Waals surface area contributed by atoms with Crippen LogP contribution in [0.1, 0.15) is 54.0 Å². The van der Waals surface area contributed by atoms with Crippen LogP contribution in [0.25, 0.3) is 0 Å². The summed E-state index contributed by atoms with van der Waals surface area (Å²) in [6.45, 7) is 2.27. The molecule has 0 aliphatic heterocycles. The Morgan fingerprint density at radius 1 is 1.03 bits per heavy atom. The van der Waals surface area contributed by atoms with Gasteiger partial charge in [0.2, 0.25) is 5.91 Å². The number of rotatable bonds is 7. The number of amides is 3. The molecule has 0 saturated heterocycles. The number of anilines is 1. The highest BCUT2D eigenvalue weighted by molar-refractivity contribution is 5.97. The number of nitrogens with zero attached hydrogens (tertiary/aromatic N) is 1. The van der Waals surface area contributed by atoms with Crippen molar-refractivity contribution in [2.75, 3.05) is 11.9 Å². The van der Waals surface area contributed by atoms with E-state index in [1.807, 2.05) is 37.3 Å². The Morgan fingerprint density at radius 2 is 1.71 bits per heavy atom. The lowest BCUT2D eigenvalue weighted by Crippen LogP contribution is -2.33. The van der Waals surface area contributed by atoms with Crippen molar-refractivity contribution in [3.8, 4) is 0 Å². The molecule has 1 atom stereocenters. The van der Waals surface area contributed by atoms with Crippen LogP contribution in [0, 0.1) is 5.92 Å². The fourth-order valence-corrected chi connectivity index (χ4v) is 4.85. The second kappa shape index (κ2) is 9.90. The first-order valence-corrected chi connectivity index (χ1v) is 11.5. The zero-order chi connectivity index (χ0) is 21.6. The summed E-state index contributed by atoms with van der Waals surface area (Å²) in [6, 6.07) is 12.0. The maximum atomic E-state index is 12.5. The monoisotopic (exact) mass is 417 g/mol. The molecule has 4 rings (SSSR count). The van der Waals surface area contributed by atoms with E-state index in [1.54, 1.807) is 0 Å². The Morgan fingerprint density at radius 3 is 2.35 bits per heavy atom. The van der Waals surface area contributed by atoms with E-state index in [1.165, 1.54) is 28.5 Å². The van der Waals surface area contributed by atoms with E-state index in [4.69, 9.17) is 0 Å². The van der Waals surface area contributed by atoms with E-state index in [2.05, 4.69) is 21.7 Å². The Balaban J connectivity index is 1.31. The first kappa shape index (κ1) is 21.3. The minimum atomic E-state index is -0.361. The van der Waals surface area contributed by atoms with E-state index >= 15 is 0 Å². The summed E-state index contributed by atoms with van der Waals surface area (Å²) in [5, 5.41) is 5.94. The van der Waals surface area contributed by atoms with Crippen LogP contribution < -0.4 is 10.6 Å². The Kier molecular flexibility index (Phi) is 6.80. The van der Waals surface area contributed by atoms with Gasteiger partial charge in [-0.25, -0.2) is 9.79 Å². The summed E-state index contributed by atoms with van der Waals surface area (Å²) >= 11 is 0. The van der Waals surface area contributed by atoms with Crippen LogP contribution in [0.5, 0.6) is 0 Å². The molecule has 0 aromatic heterocycles. The molecular formula is C26H31N3O2. The summed E-state index contributed by atoms with van der Waals surface area (Å²) < 4.78 is 0. The minimum Gasteiger partial charge on any atom is -0.351 e. The molecule has 1 unspecified atom stereocenters. The number of fused-ring (bicyclic) bond motifs is 2. The predicted molar refractivity (Wildman–Crippen MR) is 125 cm³/mol. The van der Waals surface area contributed by atoms with Crippen LogP contribution in [0.15, 0.2) is 41.4 Å². The quantitative estimate of drug-likeness (QED) is 0.644. The van der Waals surface area contributed by atoms with Crippen molar-refractivity contribution >= 4 is 23.8 Å². The normalized spacial score (nSPS) is 15.5. The highest BCUT2D eigenvalue weighted by atomic mass is 16.2. The predicted octanol–water partition coefficient (Wildman–Crippen LogP) is 4.65. The van der Waals surface area contributed by atoms with Crippen LogP contribution >= 0.6 is 0 Å². The molecule has 0 radical (unpaired) electrons. The van der Waals surface area contributed by atoms with E-state index < -0.39 is 0 Å². The molecule has 0 fully saturated rings. The van der Waals surface area contributed by atoms with Crippen molar-refractivity contribution < 1.29 is 9.59 Å². The maximum Gasteiger partial charge on any atom is 0.345 e. The molecule has 0 spiro atoms. The third-order valence-electron chi connectivity index (χ3n) is 6.47. The van der Waals surface area contributed by atoms with E-state index in [-0.39, 0.29) is 24.4 Å². The van der Waals surface area contributed by atoms with E-state index in [0.29, 0.717) is 6.42 Å².